The van der Waals surface area contributed by atoms with Crippen molar-refractivity contribution >= 4 is 46.4 Å². The maximum absolute atomic E-state index is 13.8. The summed E-state index contributed by atoms with van der Waals surface area (Å²) in [6.07, 6.45) is 1.59. The molecule has 8 heteroatoms. The van der Waals surface area contributed by atoms with E-state index in [1.165, 1.54) is 10.7 Å². The van der Waals surface area contributed by atoms with E-state index in [0.717, 1.165) is 6.54 Å². The first-order valence-corrected chi connectivity index (χ1v) is 8.24. The van der Waals surface area contributed by atoms with E-state index in [1.807, 2.05) is 0 Å². The molecular weight excluding hydrogens is 358 g/mol. The fourth-order valence-electron chi connectivity index (χ4n) is 1.86. The van der Waals surface area contributed by atoms with Gasteiger partial charge in [0.2, 0.25) is 0 Å². The highest BCUT2D eigenvalue weighted by Crippen LogP contribution is 2.23. The Morgan fingerprint density at radius 1 is 1.35 bits per heavy atom. The van der Waals surface area contributed by atoms with Gasteiger partial charge in [-0.25, -0.2) is 4.39 Å². The molecule has 23 heavy (non-hydrogen) atoms. The number of nitrogens with one attached hydrogen (secondary N) is 2. The van der Waals surface area contributed by atoms with Crippen LogP contribution in [0.3, 0.4) is 0 Å². The van der Waals surface area contributed by atoms with Crippen molar-refractivity contribution in [3.8, 4) is 0 Å². The van der Waals surface area contributed by atoms with Gasteiger partial charge in [-0.3, -0.25) is 4.68 Å². The summed E-state index contributed by atoms with van der Waals surface area (Å²) in [5, 5.41) is 11.5. The van der Waals surface area contributed by atoms with Gasteiger partial charge < -0.3 is 10.6 Å². The van der Waals surface area contributed by atoms with Crippen LogP contribution in [0.15, 0.2) is 24.4 Å². The first-order valence-electron chi connectivity index (χ1n) is 7.07. The average molecular weight is 375 g/mol. The lowest BCUT2D eigenvalue weighted by Gasteiger charge is -2.10. The third-order valence-electron chi connectivity index (χ3n) is 3.00. The quantitative estimate of drug-likeness (QED) is 0.764. The first kappa shape index (κ1) is 18.0. The number of rotatable bonds is 5. The molecule has 2 aromatic rings. The summed E-state index contributed by atoms with van der Waals surface area (Å²) >= 11 is 17.3. The monoisotopic (exact) mass is 374 g/mol. The Morgan fingerprint density at radius 2 is 2.09 bits per heavy atom. The molecule has 1 aromatic heterocycles. The Labute approximate surface area is 150 Å². The standard InChI is InChI=1S/C15H17Cl2FN4S/c1-9(2)6-19-15(23)20-14-12(17)8-22(21-14)7-10-11(16)4-3-5-13(10)18/h3-5,8-9H,6-7H2,1-2H3,(H2,19,20,21,23). The van der Waals surface area contributed by atoms with Crippen LogP contribution >= 0.6 is 35.4 Å². The van der Waals surface area contributed by atoms with E-state index in [1.54, 1.807) is 18.3 Å². The smallest absolute Gasteiger partial charge is 0.173 e. The van der Waals surface area contributed by atoms with Gasteiger partial charge in [0, 0.05) is 23.3 Å². The van der Waals surface area contributed by atoms with E-state index in [2.05, 4.69) is 29.6 Å². The highest BCUT2D eigenvalue weighted by atomic mass is 35.5. The number of hydrogen-bond acceptors (Lipinski definition) is 2. The molecule has 0 aliphatic heterocycles. The van der Waals surface area contributed by atoms with Crippen molar-refractivity contribution in [1.29, 1.82) is 0 Å². The number of aromatic nitrogens is 2. The summed E-state index contributed by atoms with van der Waals surface area (Å²) in [5.41, 5.74) is 0.361. The van der Waals surface area contributed by atoms with Crippen LogP contribution in [-0.4, -0.2) is 21.4 Å². The zero-order chi connectivity index (χ0) is 17.0. The number of thiocarbonyl (C=S) groups is 1. The van der Waals surface area contributed by atoms with E-state index < -0.39 is 0 Å². The van der Waals surface area contributed by atoms with Crippen LogP contribution in [0.1, 0.15) is 19.4 Å². The Bertz CT molecular complexity index is 683. The van der Waals surface area contributed by atoms with Gasteiger partial charge in [-0.1, -0.05) is 43.1 Å². The minimum absolute atomic E-state index is 0.180. The Morgan fingerprint density at radius 3 is 2.74 bits per heavy atom. The van der Waals surface area contributed by atoms with Crippen molar-refractivity contribution < 1.29 is 4.39 Å². The second-order valence-electron chi connectivity index (χ2n) is 5.45. The van der Waals surface area contributed by atoms with Crippen LogP contribution in [0.4, 0.5) is 10.2 Å². The lowest BCUT2D eigenvalue weighted by molar-refractivity contribution is 0.586. The van der Waals surface area contributed by atoms with Crippen LogP contribution in [0.25, 0.3) is 0 Å². The van der Waals surface area contributed by atoms with Gasteiger partial charge >= 0.3 is 0 Å². The van der Waals surface area contributed by atoms with Crippen molar-refractivity contribution in [3.63, 3.8) is 0 Å². The molecule has 1 aromatic carbocycles. The maximum atomic E-state index is 13.8. The Kier molecular flexibility index (Phi) is 6.21. The number of halogens is 3. The Hall–Kier alpha value is -1.37. The number of hydrogen-bond donors (Lipinski definition) is 2. The van der Waals surface area contributed by atoms with E-state index in [9.17, 15) is 4.39 Å². The third kappa shape index (κ3) is 5.06. The predicted octanol–water partition coefficient (Wildman–Crippen LogP) is 4.32. The lowest BCUT2D eigenvalue weighted by Crippen LogP contribution is -2.31. The van der Waals surface area contributed by atoms with Crippen LogP contribution in [-0.2, 0) is 6.54 Å². The van der Waals surface area contributed by atoms with Crippen molar-refractivity contribution in [2.45, 2.75) is 20.4 Å². The van der Waals surface area contributed by atoms with Crippen molar-refractivity contribution in [1.82, 2.24) is 15.1 Å². The molecule has 2 rings (SSSR count). The molecule has 0 atom stereocenters. The molecule has 0 aliphatic carbocycles. The summed E-state index contributed by atoms with van der Waals surface area (Å²) in [4.78, 5) is 0. The van der Waals surface area contributed by atoms with E-state index >= 15 is 0 Å². The van der Waals surface area contributed by atoms with Gasteiger partial charge in [-0.05, 0) is 30.3 Å². The normalized spacial score (nSPS) is 10.9. The van der Waals surface area contributed by atoms with Crippen LogP contribution in [0.5, 0.6) is 0 Å². The molecule has 2 N–H and O–H groups in total. The van der Waals surface area contributed by atoms with E-state index in [-0.39, 0.29) is 12.4 Å². The van der Waals surface area contributed by atoms with E-state index in [0.29, 0.717) is 32.5 Å². The van der Waals surface area contributed by atoms with Crippen LogP contribution in [0.2, 0.25) is 10.0 Å². The van der Waals surface area contributed by atoms with Gasteiger partial charge in [0.1, 0.15) is 10.8 Å². The second-order valence-corrected chi connectivity index (χ2v) is 6.67. The molecule has 0 spiro atoms. The van der Waals surface area contributed by atoms with Gasteiger partial charge in [-0.2, -0.15) is 5.10 Å². The zero-order valence-corrected chi connectivity index (χ0v) is 15.1. The SMILES string of the molecule is CC(C)CNC(=S)Nc1nn(Cc2c(F)cccc2Cl)cc1Cl. The van der Waals surface area contributed by atoms with Crippen LogP contribution in [0, 0.1) is 11.7 Å². The molecule has 0 radical (unpaired) electrons. The molecule has 4 nitrogen and oxygen atoms in total. The second kappa shape index (κ2) is 7.95. The molecule has 0 unspecified atom stereocenters. The molecule has 0 aliphatic rings. The number of anilines is 1. The van der Waals surface area contributed by atoms with Crippen LogP contribution < -0.4 is 10.6 Å². The zero-order valence-electron chi connectivity index (χ0n) is 12.7. The first-order chi connectivity index (χ1) is 10.9. The predicted molar refractivity (Wildman–Crippen MR) is 96.8 cm³/mol. The van der Waals surface area contributed by atoms with Gasteiger partial charge in [0.05, 0.1) is 6.54 Å². The molecule has 1 heterocycles. The Balaban J connectivity index is 2.08. The minimum Gasteiger partial charge on any atom is -0.362 e. The van der Waals surface area contributed by atoms with Crippen molar-refractivity contribution in [3.05, 3.63) is 45.8 Å². The third-order valence-corrected chi connectivity index (χ3v) is 3.88. The van der Waals surface area contributed by atoms with Gasteiger partial charge in [0.25, 0.3) is 0 Å². The minimum atomic E-state index is -0.382. The van der Waals surface area contributed by atoms with E-state index in [4.69, 9.17) is 35.4 Å². The molecule has 0 saturated carbocycles. The number of nitrogens with zero attached hydrogens (tertiary/aromatic N) is 2. The highest BCUT2D eigenvalue weighted by Gasteiger charge is 2.12. The molecule has 0 fully saturated rings. The topological polar surface area (TPSA) is 41.9 Å². The molecule has 0 saturated heterocycles. The summed E-state index contributed by atoms with van der Waals surface area (Å²) in [6, 6.07) is 4.55. The maximum Gasteiger partial charge on any atom is 0.173 e. The molecule has 0 bridgehead atoms. The van der Waals surface area contributed by atoms with Gasteiger partial charge in [0.15, 0.2) is 10.9 Å². The molecule has 124 valence electrons. The summed E-state index contributed by atoms with van der Waals surface area (Å²) < 4.78 is 15.3. The lowest BCUT2D eigenvalue weighted by atomic mass is 10.2. The average Bonchev–Trinajstić information content (AvgIpc) is 2.81. The van der Waals surface area contributed by atoms with Gasteiger partial charge in [-0.15, -0.1) is 0 Å². The largest absolute Gasteiger partial charge is 0.362 e. The highest BCUT2D eigenvalue weighted by molar-refractivity contribution is 7.80. The van der Waals surface area contributed by atoms with Crippen molar-refractivity contribution in [2.75, 3.05) is 11.9 Å². The summed E-state index contributed by atoms with van der Waals surface area (Å²) in [5.74, 6) is 0.499. The fourth-order valence-corrected chi connectivity index (χ4v) is 2.46. The summed E-state index contributed by atoms with van der Waals surface area (Å²) in [6.45, 7) is 5.08. The van der Waals surface area contributed by atoms with Crippen molar-refractivity contribution in [2.24, 2.45) is 5.92 Å². The fraction of sp³-hybridized carbons (Fsp3) is 0.333. The summed E-state index contributed by atoms with van der Waals surface area (Å²) in [7, 11) is 0. The number of benzene rings is 1. The molecular formula is C15H17Cl2FN4S. The molecule has 0 amide bonds.